The first-order valence-electron chi connectivity index (χ1n) is 3.99. The summed E-state index contributed by atoms with van der Waals surface area (Å²) < 4.78 is 27.6. The molecule has 0 aliphatic carbocycles. The summed E-state index contributed by atoms with van der Waals surface area (Å²) in [5.41, 5.74) is 0.982. The maximum absolute atomic E-state index is 11.3. The van der Waals surface area contributed by atoms with E-state index < -0.39 is 10.0 Å². The molecule has 1 aromatic carbocycles. The summed E-state index contributed by atoms with van der Waals surface area (Å²) in [4.78, 5) is 0.267. The topological polar surface area (TPSA) is 58.2 Å². The first-order chi connectivity index (χ1) is 6.60. The van der Waals surface area contributed by atoms with E-state index in [1.165, 1.54) is 7.05 Å². The molecule has 4 nitrogen and oxygen atoms in total. The Morgan fingerprint density at radius 1 is 1.29 bits per heavy atom. The number of nitrogens with one attached hydrogen (secondary N) is 2. The van der Waals surface area contributed by atoms with E-state index in [2.05, 4.69) is 22.3 Å². The van der Waals surface area contributed by atoms with E-state index in [4.69, 9.17) is 0 Å². The van der Waals surface area contributed by atoms with Gasteiger partial charge in [-0.3, -0.25) is 4.72 Å². The molecular formula is C8H12N2O2S2. The van der Waals surface area contributed by atoms with Crippen molar-refractivity contribution in [2.75, 3.05) is 7.05 Å². The zero-order chi connectivity index (χ0) is 10.6. The number of benzene rings is 1. The van der Waals surface area contributed by atoms with Gasteiger partial charge in [0.05, 0.1) is 4.90 Å². The minimum atomic E-state index is -3.32. The van der Waals surface area contributed by atoms with E-state index >= 15 is 0 Å². The second-order valence-electron chi connectivity index (χ2n) is 2.69. The van der Waals surface area contributed by atoms with Crippen LogP contribution in [-0.2, 0) is 16.6 Å². The molecule has 1 aromatic rings. The van der Waals surface area contributed by atoms with E-state index in [-0.39, 0.29) is 4.90 Å². The van der Waals surface area contributed by atoms with Crippen LogP contribution in [0.4, 0.5) is 0 Å². The average molecular weight is 232 g/mol. The second kappa shape index (κ2) is 4.79. The summed E-state index contributed by atoms with van der Waals surface area (Å²) in [6.45, 7) is 0.600. The molecule has 0 atom stereocenters. The molecule has 78 valence electrons. The van der Waals surface area contributed by atoms with Gasteiger partial charge in [-0.1, -0.05) is 24.9 Å². The molecule has 0 aliphatic heterocycles. The Kier molecular flexibility index (Phi) is 3.94. The average Bonchev–Trinajstić information content (AvgIpc) is 2.19. The van der Waals surface area contributed by atoms with E-state index in [1.54, 1.807) is 24.3 Å². The predicted octanol–water partition coefficient (Wildman–Crippen LogP) is 0.529. The van der Waals surface area contributed by atoms with Gasteiger partial charge < -0.3 is 0 Å². The van der Waals surface area contributed by atoms with Gasteiger partial charge >= 0.3 is 0 Å². The Bertz CT molecular complexity index is 386. The van der Waals surface area contributed by atoms with Crippen LogP contribution in [0.5, 0.6) is 0 Å². The van der Waals surface area contributed by atoms with Crippen molar-refractivity contribution in [2.24, 2.45) is 0 Å². The summed E-state index contributed by atoms with van der Waals surface area (Å²) in [5, 5.41) is 0. The third-order valence-electron chi connectivity index (χ3n) is 1.79. The first-order valence-corrected chi connectivity index (χ1v) is 5.92. The molecular weight excluding hydrogens is 220 g/mol. The van der Waals surface area contributed by atoms with Crippen molar-refractivity contribution >= 4 is 22.8 Å². The van der Waals surface area contributed by atoms with Gasteiger partial charge in [0.2, 0.25) is 10.0 Å². The SMILES string of the molecule is CNS(=O)(=O)c1ccc(CNS)cc1. The molecule has 0 heterocycles. The van der Waals surface area contributed by atoms with Crippen molar-refractivity contribution in [3.8, 4) is 0 Å². The summed E-state index contributed by atoms with van der Waals surface area (Å²) in [7, 11) is -1.93. The van der Waals surface area contributed by atoms with Gasteiger partial charge in [-0.25, -0.2) is 13.1 Å². The van der Waals surface area contributed by atoms with Crippen LogP contribution >= 0.6 is 12.8 Å². The molecule has 1 rings (SSSR count). The minimum absolute atomic E-state index is 0.267. The van der Waals surface area contributed by atoms with Crippen molar-refractivity contribution in [3.63, 3.8) is 0 Å². The normalized spacial score (nSPS) is 11.6. The van der Waals surface area contributed by atoms with Crippen LogP contribution in [0.25, 0.3) is 0 Å². The lowest BCUT2D eigenvalue weighted by Crippen LogP contribution is -2.18. The standard InChI is InChI=1S/C8H12N2O2S2/c1-9-14(11,12)8-4-2-7(3-5-8)6-10-13/h2-5,9-10,13H,6H2,1H3. The molecule has 6 heteroatoms. The lowest BCUT2D eigenvalue weighted by molar-refractivity contribution is 0.588. The fourth-order valence-electron chi connectivity index (χ4n) is 0.996. The van der Waals surface area contributed by atoms with E-state index in [0.29, 0.717) is 6.54 Å². The van der Waals surface area contributed by atoms with Gasteiger partial charge in [0.25, 0.3) is 0 Å². The van der Waals surface area contributed by atoms with Gasteiger partial charge in [-0.2, -0.15) is 0 Å². The number of rotatable bonds is 4. The molecule has 0 saturated heterocycles. The predicted molar refractivity (Wildman–Crippen MR) is 58.5 cm³/mol. The largest absolute Gasteiger partial charge is 0.262 e. The Morgan fingerprint density at radius 2 is 1.86 bits per heavy atom. The van der Waals surface area contributed by atoms with E-state index in [1.807, 2.05) is 0 Å². The van der Waals surface area contributed by atoms with Crippen molar-refractivity contribution < 1.29 is 8.42 Å². The van der Waals surface area contributed by atoms with Gasteiger partial charge in [0, 0.05) is 6.54 Å². The van der Waals surface area contributed by atoms with Crippen LogP contribution < -0.4 is 9.44 Å². The fraction of sp³-hybridized carbons (Fsp3) is 0.250. The summed E-state index contributed by atoms with van der Waals surface area (Å²) in [6, 6.07) is 6.61. The second-order valence-corrected chi connectivity index (χ2v) is 4.89. The quantitative estimate of drug-likeness (QED) is 0.664. The van der Waals surface area contributed by atoms with Gasteiger partial charge in [0.1, 0.15) is 0 Å². The Hall–Kier alpha value is -0.560. The van der Waals surface area contributed by atoms with Crippen molar-refractivity contribution in [1.29, 1.82) is 0 Å². The maximum atomic E-state index is 11.3. The lowest BCUT2D eigenvalue weighted by atomic mass is 10.2. The summed E-state index contributed by atoms with van der Waals surface area (Å²) >= 11 is 3.85. The summed E-state index contributed by atoms with van der Waals surface area (Å²) in [6.07, 6.45) is 0. The number of hydrogen-bond donors (Lipinski definition) is 3. The van der Waals surface area contributed by atoms with Crippen LogP contribution in [-0.4, -0.2) is 15.5 Å². The molecule has 0 unspecified atom stereocenters. The zero-order valence-corrected chi connectivity index (χ0v) is 9.40. The smallest absolute Gasteiger partial charge is 0.240 e. The van der Waals surface area contributed by atoms with E-state index in [0.717, 1.165) is 5.56 Å². The minimum Gasteiger partial charge on any atom is -0.262 e. The number of sulfonamides is 1. The molecule has 2 N–H and O–H groups in total. The van der Waals surface area contributed by atoms with Crippen LogP contribution in [0.15, 0.2) is 29.2 Å². The third kappa shape index (κ3) is 2.71. The molecule has 0 bridgehead atoms. The molecule has 0 saturated carbocycles. The molecule has 0 radical (unpaired) electrons. The molecule has 0 aromatic heterocycles. The molecule has 0 amide bonds. The molecule has 0 fully saturated rings. The maximum Gasteiger partial charge on any atom is 0.240 e. The number of hydrogen-bond acceptors (Lipinski definition) is 4. The van der Waals surface area contributed by atoms with Crippen LogP contribution in [0.2, 0.25) is 0 Å². The highest BCUT2D eigenvalue weighted by Crippen LogP contribution is 2.09. The molecule has 0 aliphatic rings. The third-order valence-corrected chi connectivity index (χ3v) is 3.37. The van der Waals surface area contributed by atoms with E-state index in [9.17, 15) is 8.42 Å². The zero-order valence-electron chi connectivity index (χ0n) is 7.69. The van der Waals surface area contributed by atoms with Crippen LogP contribution in [0.1, 0.15) is 5.56 Å². The van der Waals surface area contributed by atoms with Crippen molar-refractivity contribution in [1.82, 2.24) is 9.44 Å². The first kappa shape index (κ1) is 11.5. The van der Waals surface area contributed by atoms with Gasteiger partial charge in [-0.15, -0.1) is 0 Å². The highest BCUT2D eigenvalue weighted by atomic mass is 32.2. The van der Waals surface area contributed by atoms with Crippen molar-refractivity contribution in [3.05, 3.63) is 29.8 Å². The highest BCUT2D eigenvalue weighted by Gasteiger charge is 2.09. The Labute approximate surface area is 89.3 Å². The Morgan fingerprint density at radius 3 is 2.29 bits per heavy atom. The Balaban J connectivity index is 2.94. The molecule has 0 spiro atoms. The highest BCUT2D eigenvalue weighted by molar-refractivity contribution is 7.89. The van der Waals surface area contributed by atoms with Crippen LogP contribution in [0, 0.1) is 0 Å². The fourth-order valence-corrected chi connectivity index (χ4v) is 1.91. The monoisotopic (exact) mass is 232 g/mol. The summed E-state index contributed by atoms with van der Waals surface area (Å²) in [5.74, 6) is 0. The van der Waals surface area contributed by atoms with Gasteiger partial charge in [-0.05, 0) is 24.7 Å². The van der Waals surface area contributed by atoms with Crippen LogP contribution in [0.3, 0.4) is 0 Å². The number of thiol groups is 1. The van der Waals surface area contributed by atoms with Gasteiger partial charge in [0.15, 0.2) is 0 Å². The van der Waals surface area contributed by atoms with Crippen molar-refractivity contribution in [2.45, 2.75) is 11.4 Å². The lowest BCUT2D eigenvalue weighted by Gasteiger charge is -2.03. The molecule has 14 heavy (non-hydrogen) atoms.